The monoisotopic (exact) mass is 564 g/mol. The fraction of sp³-hybridized carbons (Fsp3) is 0.212. The van der Waals surface area contributed by atoms with Gasteiger partial charge in [-0.3, -0.25) is 9.59 Å². The Morgan fingerprint density at radius 3 is 2.69 bits per heavy atom. The minimum absolute atomic E-state index is 0.0737. The van der Waals surface area contributed by atoms with Crippen LogP contribution >= 0.6 is 0 Å². The smallest absolute Gasteiger partial charge is 0.256 e. The topological polar surface area (TPSA) is 98.8 Å². The highest BCUT2D eigenvalue weighted by Crippen LogP contribution is 2.48. The first-order valence-electron chi connectivity index (χ1n) is 14.0. The third-order valence-electron chi connectivity index (χ3n) is 8.09. The Labute approximate surface area is 241 Å². The molecule has 0 spiro atoms. The lowest BCUT2D eigenvalue weighted by molar-refractivity contribution is 0.0952. The molecule has 8 nitrogen and oxygen atoms in total. The first-order valence-corrected chi connectivity index (χ1v) is 14.0. The summed E-state index contributed by atoms with van der Waals surface area (Å²) in [7, 11) is 1.60. The summed E-state index contributed by atoms with van der Waals surface area (Å²) in [5, 5.41) is 4.86. The zero-order chi connectivity index (χ0) is 29.0. The van der Waals surface area contributed by atoms with Gasteiger partial charge in [-0.2, -0.15) is 0 Å². The van der Waals surface area contributed by atoms with Crippen molar-refractivity contribution in [3.05, 3.63) is 100 Å². The lowest BCUT2D eigenvalue weighted by Gasteiger charge is -2.29. The van der Waals surface area contributed by atoms with Gasteiger partial charge in [-0.15, -0.1) is 0 Å². The van der Waals surface area contributed by atoms with Crippen LogP contribution in [0.25, 0.3) is 27.4 Å². The molecule has 2 aliphatic heterocycles. The Morgan fingerprint density at radius 2 is 1.93 bits per heavy atom. The molecule has 212 valence electrons. The van der Waals surface area contributed by atoms with E-state index in [1.54, 1.807) is 17.9 Å². The minimum atomic E-state index is -0.588. The van der Waals surface area contributed by atoms with E-state index in [9.17, 15) is 9.59 Å². The van der Waals surface area contributed by atoms with Gasteiger partial charge in [0, 0.05) is 31.9 Å². The second-order valence-corrected chi connectivity index (χ2v) is 10.8. The van der Waals surface area contributed by atoms with E-state index in [1.807, 2.05) is 65.6 Å². The standard InChI is InChI=1S/C33H29FN4O4/c1-41-23-8-4-5-19(13-23)9-11-36-33(40)25-18-38-27-14-20-6-2-3-7-21(20)15-28(27)42-32-29(38)24(31(25)39)16-26(34)30(32)37-12-10-22(35)17-37/h2-8,13-16,18,22H,9-12,17,35H2,1H3,(H,36,40). The molecule has 0 bridgehead atoms. The Hall–Kier alpha value is -4.89. The average Bonchev–Trinajstić information content (AvgIpc) is 3.42. The summed E-state index contributed by atoms with van der Waals surface area (Å²) in [5.74, 6) is 0.371. The van der Waals surface area contributed by atoms with Crippen LogP contribution in [0.2, 0.25) is 0 Å². The van der Waals surface area contributed by atoms with Gasteiger partial charge >= 0.3 is 0 Å². The molecule has 1 saturated heterocycles. The Morgan fingerprint density at radius 1 is 1.12 bits per heavy atom. The van der Waals surface area contributed by atoms with Crippen LogP contribution in [-0.2, 0) is 6.42 Å². The third kappa shape index (κ3) is 4.33. The van der Waals surface area contributed by atoms with E-state index in [0.29, 0.717) is 43.0 Å². The number of methoxy groups -OCH3 is 1. The van der Waals surface area contributed by atoms with E-state index in [4.69, 9.17) is 15.2 Å². The molecule has 7 rings (SSSR count). The number of hydrogen-bond donors (Lipinski definition) is 2. The van der Waals surface area contributed by atoms with Crippen LogP contribution in [0, 0.1) is 5.82 Å². The van der Waals surface area contributed by atoms with E-state index >= 15 is 4.39 Å². The van der Waals surface area contributed by atoms with Crippen molar-refractivity contribution in [1.29, 1.82) is 0 Å². The molecule has 1 amide bonds. The normalized spacial score (nSPS) is 15.5. The van der Waals surface area contributed by atoms with E-state index < -0.39 is 17.2 Å². The predicted octanol–water partition coefficient (Wildman–Crippen LogP) is 4.91. The zero-order valence-corrected chi connectivity index (χ0v) is 23.0. The molecule has 1 unspecified atom stereocenters. The van der Waals surface area contributed by atoms with Crippen molar-refractivity contribution in [3.8, 4) is 22.9 Å². The van der Waals surface area contributed by atoms with Crippen molar-refractivity contribution in [2.75, 3.05) is 31.6 Å². The molecule has 0 aliphatic carbocycles. The summed E-state index contributed by atoms with van der Waals surface area (Å²) in [6.07, 6.45) is 2.82. The number of fused-ring (bicyclic) bond motifs is 3. The maximum atomic E-state index is 15.9. The van der Waals surface area contributed by atoms with Crippen LogP contribution in [0.4, 0.5) is 10.1 Å². The van der Waals surface area contributed by atoms with Crippen molar-refractivity contribution in [3.63, 3.8) is 0 Å². The first kappa shape index (κ1) is 26.0. The van der Waals surface area contributed by atoms with Gasteiger partial charge in [-0.25, -0.2) is 4.39 Å². The summed E-state index contributed by atoms with van der Waals surface area (Å²) in [6.45, 7) is 1.35. The molecule has 2 aliphatic rings. The Bertz CT molecular complexity index is 1950. The van der Waals surface area contributed by atoms with Gasteiger partial charge in [-0.05, 0) is 59.5 Å². The van der Waals surface area contributed by atoms with Crippen molar-refractivity contribution in [2.24, 2.45) is 5.73 Å². The molecular formula is C33H29FN4O4. The van der Waals surface area contributed by atoms with Crippen LogP contribution < -0.4 is 30.9 Å². The minimum Gasteiger partial charge on any atom is -0.497 e. The van der Waals surface area contributed by atoms with E-state index in [0.717, 1.165) is 28.5 Å². The number of nitrogens with zero attached hydrogens (tertiary/aromatic N) is 2. The summed E-state index contributed by atoms with van der Waals surface area (Å²) in [6, 6.07) is 20.4. The molecule has 3 N–H and O–H groups in total. The van der Waals surface area contributed by atoms with Crippen LogP contribution in [0.3, 0.4) is 0 Å². The Kier molecular flexibility index (Phi) is 6.31. The summed E-state index contributed by atoms with van der Waals surface area (Å²) < 4.78 is 29.4. The average molecular weight is 565 g/mol. The SMILES string of the molecule is COc1cccc(CCNC(=O)c2cn3c4c(c(N5CCC(N)C5)c(F)cc4c2=O)Oc2cc4ccccc4cc2-3)c1. The number of benzene rings is 4. The first-order chi connectivity index (χ1) is 20.4. The number of aromatic nitrogens is 1. The highest BCUT2D eigenvalue weighted by atomic mass is 19.1. The van der Waals surface area contributed by atoms with Crippen molar-refractivity contribution < 1.29 is 18.7 Å². The Balaban J connectivity index is 1.35. The van der Waals surface area contributed by atoms with Crippen LogP contribution in [0.15, 0.2) is 77.7 Å². The van der Waals surface area contributed by atoms with E-state index in [2.05, 4.69) is 5.32 Å². The highest BCUT2D eigenvalue weighted by molar-refractivity contribution is 6.02. The van der Waals surface area contributed by atoms with Gasteiger partial charge in [0.05, 0.1) is 18.2 Å². The van der Waals surface area contributed by atoms with Gasteiger partial charge in [0.25, 0.3) is 5.91 Å². The number of amides is 1. The fourth-order valence-corrected chi connectivity index (χ4v) is 5.98. The molecule has 0 saturated carbocycles. The van der Waals surface area contributed by atoms with Crippen molar-refractivity contribution in [2.45, 2.75) is 18.9 Å². The fourth-order valence-electron chi connectivity index (χ4n) is 5.98. The van der Waals surface area contributed by atoms with Gasteiger partial charge in [0.2, 0.25) is 5.43 Å². The van der Waals surface area contributed by atoms with E-state index in [-0.39, 0.29) is 28.4 Å². The molecule has 0 radical (unpaired) electrons. The van der Waals surface area contributed by atoms with Gasteiger partial charge in [0.15, 0.2) is 17.3 Å². The predicted molar refractivity (Wildman–Crippen MR) is 161 cm³/mol. The molecule has 3 heterocycles. The molecule has 1 atom stereocenters. The number of anilines is 1. The number of pyridine rings is 1. The highest BCUT2D eigenvalue weighted by Gasteiger charge is 2.32. The number of hydrogen-bond acceptors (Lipinski definition) is 6. The van der Waals surface area contributed by atoms with Crippen molar-refractivity contribution in [1.82, 2.24) is 9.88 Å². The van der Waals surface area contributed by atoms with E-state index in [1.165, 1.54) is 6.07 Å². The number of carbonyl (C=O) groups excluding carboxylic acids is 1. The van der Waals surface area contributed by atoms with Crippen LogP contribution in [-0.4, -0.2) is 43.3 Å². The molecule has 42 heavy (non-hydrogen) atoms. The zero-order valence-electron chi connectivity index (χ0n) is 23.0. The second kappa shape index (κ2) is 10.2. The molecule has 9 heteroatoms. The van der Waals surface area contributed by atoms with Gasteiger partial charge < -0.3 is 30.0 Å². The summed E-state index contributed by atoms with van der Waals surface area (Å²) in [5.41, 5.74) is 7.87. The van der Waals surface area contributed by atoms with Crippen molar-refractivity contribution >= 4 is 33.3 Å². The summed E-state index contributed by atoms with van der Waals surface area (Å²) in [4.78, 5) is 29.0. The number of halogens is 1. The molecular weight excluding hydrogens is 535 g/mol. The molecule has 4 aromatic carbocycles. The number of ether oxygens (including phenoxy) is 2. The third-order valence-corrected chi connectivity index (χ3v) is 8.09. The maximum Gasteiger partial charge on any atom is 0.256 e. The second-order valence-electron chi connectivity index (χ2n) is 10.8. The number of rotatable bonds is 6. The lowest BCUT2D eigenvalue weighted by atomic mass is 10.0. The molecule has 1 aromatic heterocycles. The number of nitrogens with two attached hydrogens (primary N) is 1. The number of nitrogens with one attached hydrogen (secondary N) is 1. The molecule has 5 aromatic rings. The molecule has 1 fully saturated rings. The van der Waals surface area contributed by atoms with Gasteiger partial charge in [-0.1, -0.05) is 36.4 Å². The van der Waals surface area contributed by atoms with Gasteiger partial charge in [0.1, 0.15) is 22.5 Å². The number of carbonyl (C=O) groups is 1. The maximum absolute atomic E-state index is 15.9. The van der Waals surface area contributed by atoms with Crippen LogP contribution in [0.1, 0.15) is 22.3 Å². The quantitative estimate of drug-likeness (QED) is 0.299. The van der Waals surface area contributed by atoms with Crippen LogP contribution in [0.5, 0.6) is 17.2 Å². The summed E-state index contributed by atoms with van der Waals surface area (Å²) >= 11 is 0. The lowest BCUT2D eigenvalue weighted by Crippen LogP contribution is -2.32. The largest absolute Gasteiger partial charge is 0.497 e.